The second-order valence-corrected chi connectivity index (χ2v) is 3.01. The van der Waals surface area contributed by atoms with Crippen LogP contribution < -0.4 is 5.73 Å². The Balaban J connectivity index is 3.21. The lowest BCUT2D eigenvalue weighted by Crippen LogP contribution is -2.30. The van der Waals surface area contributed by atoms with Crippen LogP contribution in [-0.4, -0.2) is 41.5 Å². The van der Waals surface area contributed by atoms with Crippen molar-refractivity contribution in [2.75, 3.05) is 13.2 Å². The van der Waals surface area contributed by atoms with Gasteiger partial charge in [0.15, 0.2) is 0 Å². The van der Waals surface area contributed by atoms with E-state index in [1.54, 1.807) is 6.92 Å². The SMILES string of the molecule is CC(O)COCCCC(N)C(=O)O. The van der Waals surface area contributed by atoms with Gasteiger partial charge in [-0.1, -0.05) is 0 Å². The summed E-state index contributed by atoms with van der Waals surface area (Å²) in [7, 11) is 0. The third-order valence-electron chi connectivity index (χ3n) is 1.48. The van der Waals surface area contributed by atoms with E-state index in [2.05, 4.69) is 0 Å². The van der Waals surface area contributed by atoms with Gasteiger partial charge in [-0.15, -0.1) is 0 Å². The highest BCUT2D eigenvalue weighted by molar-refractivity contribution is 5.72. The van der Waals surface area contributed by atoms with Crippen molar-refractivity contribution in [1.82, 2.24) is 0 Å². The Kier molecular flexibility index (Phi) is 6.48. The lowest BCUT2D eigenvalue weighted by Gasteiger charge is -2.07. The minimum atomic E-state index is -0.990. The Morgan fingerprint density at radius 2 is 2.23 bits per heavy atom. The first-order chi connectivity index (χ1) is 6.04. The van der Waals surface area contributed by atoms with Crippen molar-refractivity contribution >= 4 is 5.97 Å². The Morgan fingerprint density at radius 3 is 2.69 bits per heavy atom. The number of nitrogens with two attached hydrogens (primary N) is 1. The number of aliphatic hydroxyl groups is 1. The Hall–Kier alpha value is -0.650. The number of ether oxygens (including phenoxy) is 1. The topological polar surface area (TPSA) is 92.8 Å². The van der Waals surface area contributed by atoms with E-state index in [0.717, 1.165) is 0 Å². The van der Waals surface area contributed by atoms with Gasteiger partial charge in [-0.2, -0.15) is 0 Å². The van der Waals surface area contributed by atoms with Gasteiger partial charge in [-0.25, -0.2) is 0 Å². The fourth-order valence-corrected chi connectivity index (χ4v) is 0.783. The van der Waals surface area contributed by atoms with Crippen LogP contribution in [0.25, 0.3) is 0 Å². The van der Waals surface area contributed by atoms with Crippen LogP contribution in [0.15, 0.2) is 0 Å². The summed E-state index contributed by atoms with van der Waals surface area (Å²) in [6, 6.07) is -0.810. The average Bonchev–Trinajstić information content (AvgIpc) is 2.02. The molecule has 0 aliphatic carbocycles. The van der Waals surface area contributed by atoms with Gasteiger partial charge < -0.3 is 20.7 Å². The van der Waals surface area contributed by atoms with E-state index in [1.165, 1.54) is 0 Å². The second kappa shape index (κ2) is 6.82. The summed E-state index contributed by atoms with van der Waals surface area (Å²) in [5.41, 5.74) is 5.25. The number of aliphatic carboxylic acids is 1. The summed E-state index contributed by atoms with van der Waals surface area (Å²) in [6.07, 6.45) is 0.517. The molecule has 0 fully saturated rings. The van der Waals surface area contributed by atoms with Crippen LogP contribution in [0.3, 0.4) is 0 Å². The van der Waals surface area contributed by atoms with Gasteiger partial charge in [0.05, 0.1) is 12.7 Å². The first-order valence-electron chi connectivity index (χ1n) is 4.28. The zero-order chi connectivity index (χ0) is 10.3. The fraction of sp³-hybridized carbons (Fsp3) is 0.875. The van der Waals surface area contributed by atoms with Crippen LogP contribution in [0.1, 0.15) is 19.8 Å². The molecule has 0 radical (unpaired) electrons. The van der Waals surface area contributed by atoms with Crippen LogP contribution in [0.2, 0.25) is 0 Å². The molecule has 0 heterocycles. The lowest BCUT2D eigenvalue weighted by atomic mass is 10.2. The number of aliphatic hydroxyl groups excluding tert-OH is 1. The van der Waals surface area contributed by atoms with Gasteiger partial charge >= 0.3 is 5.97 Å². The summed E-state index contributed by atoms with van der Waals surface area (Å²) < 4.78 is 5.03. The van der Waals surface area contributed by atoms with E-state index >= 15 is 0 Å². The maximum atomic E-state index is 10.3. The number of carbonyl (C=O) groups is 1. The highest BCUT2D eigenvalue weighted by Gasteiger charge is 2.09. The molecule has 0 spiro atoms. The van der Waals surface area contributed by atoms with E-state index in [4.69, 9.17) is 20.7 Å². The quantitative estimate of drug-likeness (QED) is 0.475. The molecule has 0 aromatic rings. The second-order valence-electron chi connectivity index (χ2n) is 3.01. The lowest BCUT2D eigenvalue weighted by molar-refractivity contribution is -0.138. The molecule has 0 saturated heterocycles. The maximum absolute atomic E-state index is 10.3. The zero-order valence-corrected chi connectivity index (χ0v) is 7.77. The molecule has 2 atom stereocenters. The van der Waals surface area contributed by atoms with Crippen molar-refractivity contribution in [3.63, 3.8) is 0 Å². The molecule has 0 saturated carbocycles. The Morgan fingerprint density at radius 1 is 1.62 bits per heavy atom. The van der Waals surface area contributed by atoms with E-state index in [9.17, 15) is 4.79 Å². The molecule has 0 amide bonds. The molecule has 0 aliphatic rings. The van der Waals surface area contributed by atoms with E-state index in [1.807, 2.05) is 0 Å². The van der Waals surface area contributed by atoms with Crippen LogP contribution in [0.4, 0.5) is 0 Å². The standard InChI is InChI=1S/C8H17NO4/c1-6(10)5-13-4-2-3-7(9)8(11)12/h6-7,10H,2-5,9H2,1H3,(H,11,12). The van der Waals surface area contributed by atoms with Crippen molar-refractivity contribution in [1.29, 1.82) is 0 Å². The minimum Gasteiger partial charge on any atom is -0.480 e. The molecule has 0 aromatic heterocycles. The number of carboxylic acid groups (broad SMARTS) is 1. The minimum absolute atomic E-state index is 0.280. The third kappa shape index (κ3) is 7.70. The highest BCUT2D eigenvalue weighted by atomic mass is 16.5. The molecule has 5 nitrogen and oxygen atoms in total. The van der Waals surface area contributed by atoms with Crippen LogP contribution in [0.5, 0.6) is 0 Å². The van der Waals surface area contributed by atoms with E-state index < -0.39 is 18.1 Å². The van der Waals surface area contributed by atoms with Gasteiger partial charge in [-0.05, 0) is 19.8 Å². The van der Waals surface area contributed by atoms with E-state index in [0.29, 0.717) is 19.4 Å². The molecule has 0 rings (SSSR count). The smallest absolute Gasteiger partial charge is 0.320 e. The first kappa shape index (κ1) is 12.3. The predicted octanol–water partition coefficient (Wildman–Crippen LogP) is -0.424. The molecule has 5 heteroatoms. The molecule has 78 valence electrons. The largest absolute Gasteiger partial charge is 0.480 e. The van der Waals surface area contributed by atoms with Gasteiger partial charge in [0.1, 0.15) is 6.04 Å². The number of carboxylic acids is 1. The Labute approximate surface area is 77.5 Å². The van der Waals surface area contributed by atoms with Gasteiger partial charge in [0.25, 0.3) is 0 Å². The number of rotatable bonds is 7. The van der Waals surface area contributed by atoms with Crippen LogP contribution in [0, 0.1) is 0 Å². The number of hydrogen-bond acceptors (Lipinski definition) is 4. The van der Waals surface area contributed by atoms with Gasteiger partial charge in [0, 0.05) is 6.61 Å². The van der Waals surface area contributed by atoms with Crippen LogP contribution in [-0.2, 0) is 9.53 Å². The highest BCUT2D eigenvalue weighted by Crippen LogP contribution is 1.95. The molecule has 4 N–H and O–H groups in total. The summed E-state index contributed by atoms with van der Waals surface area (Å²) in [4.78, 5) is 10.3. The normalized spacial score (nSPS) is 15.3. The van der Waals surface area contributed by atoms with Crippen molar-refractivity contribution in [3.8, 4) is 0 Å². The monoisotopic (exact) mass is 191 g/mol. The van der Waals surface area contributed by atoms with Gasteiger partial charge in [-0.3, -0.25) is 4.79 Å². The third-order valence-corrected chi connectivity index (χ3v) is 1.48. The summed E-state index contributed by atoms with van der Waals surface area (Å²) in [5, 5.41) is 17.2. The van der Waals surface area contributed by atoms with E-state index in [-0.39, 0.29) is 6.61 Å². The van der Waals surface area contributed by atoms with Crippen LogP contribution >= 0.6 is 0 Å². The molecule has 0 aliphatic heterocycles. The Bertz CT molecular complexity index is 149. The van der Waals surface area contributed by atoms with Crippen molar-refractivity contribution in [2.45, 2.75) is 31.9 Å². The van der Waals surface area contributed by atoms with Crippen molar-refractivity contribution in [3.05, 3.63) is 0 Å². The zero-order valence-electron chi connectivity index (χ0n) is 7.77. The molecular formula is C8H17NO4. The molecule has 13 heavy (non-hydrogen) atoms. The summed E-state index contributed by atoms with van der Waals surface area (Å²) in [5.74, 6) is -0.990. The maximum Gasteiger partial charge on any atom is 0.320 e. The predicted molar refractivity (Wildman–Crippen MR) is 47.3 cm³/mol. The molecular weight excluding hydrogens is 174 g/mol. The average molecular weight is 191 g/mol. The summed E-state index contributed by atoms with van der Waals surface area (Å²) in [6.45, 7) is 2.34. The van der Waals surface area contributed by atoms with Crippen molar-refractivity contribution < 1.29 is 19.7 Å². The molecule has 0 bridgehead atoms. The van der Waals surface area contributed by atoms with Gasteiger partial charge in [0.2, 0.25) is 0 Å². The molecule has 0 aromatic carbocycles. The van der Waals surface area contributed by atoms with Crippen molar-refractivity contribution in [2.24, 2.45) is 5.73 Å². The summed E-state index contributed by atoms with van der Waals surface area (Å²) >= 11 is 0. The first-order valence-corrected chi connectivity index (χ1v) is 4.28. The number of hydrogen-bond donors (Lipinski definition) is 3. The molecule has 2 unspecified atom stereocenters. The fourth-order valence-electron chi connectivity index (χ4n) is 0.783.